The summed E-state index contributed by atoms with van der Waals surface area (Å²) in [5, 5.41) is 5.62. The Morgan fingerprint density at radius 3 is 2.53 bits per heavy atom. The summed E-state index contributed by atoms with van der Waals surface area (Å²) in [6.07, 6.45) is 2.10. The molecule has 19 heavy (non-hydrogen) atoms. The second-order valence-electron chi connectivity index (χ2n) is 4.56. The molecular weight excluding hydrogens is 254 g/mol. The van der Waals surface area contributed by atoms with E-state index in [1.807, 2.05) is 30.5 Å². The van der Waals surface area contributed by atoms with Crippen LogP contribution < -0.4 is 10.1 Å². The van der Waals surface area contributed by atoms with Crippen LogP contribution in [0.3, 0.4) is 0 Å². The Morgan fingerprint density at radius 1 is 1.21 bits per heavy atom. The van der Waals surface area contributed by atoms with Crippen molar-refractivity contribution < 1.29 is 4.74 Å². The van der Waals surface area contributed by atoms with Gasteiger partial charge in [-0.3, -0.25) is 0 Å². The molecule has 0 aliphatic carbocycles. The molecule has 2 aromatic rings. The second kappa shape index (κ2) is 6.73. The van der Waals surface area contributed by atoms with Gasteiger partial charge in [0.15, 0.2) is 0 Å². The van der Waals surface area contributed by atoms with Crippen LogP contribution in [0.5, 0.6) is 5.75 Å². The quantitative estimate of drug-likeness (QED) is 0.865. The lowest BCUT2D eigenvalue weighted by Gasteiger charge is -2.17. The molecule has 0 aliphatic rings. The van der Waals surface area contributed by atoms with Gasteiger partial charge in [0.1, 0.15) is 5.75 Å². The van der Waals surface area contributed by atoms with Gasteiger partial charge in [-0.05, 0) is 54.6 Å². The molecule has 1 aromatic carbocycles. The minimum absolute atomic E-state index is 0.392. The number of nitrogens with one attached hydrogen (secondary N) is 1. The van der Waals surface area contributed by atoms with Crippen molar-refractivity contribution in [1.82, 2.24) is 5.32 Å². The van der Waals surface area contributed by atoms with Crippen LogP contribution in [0.1, 0.15) is 29.0 Å². The summed E-state index contributed by atoms with van der Waals surface area (Å²) in [6, 6.07) is 11.0. The molecule has 1 aromatic heterocycles. The zero-order chi connectivity index (χ0) is 13.7. The van der Waals surface area contributed by atoms with E-state index in [9.17, 15) is 0 Å². The smallest absolute Gasteiger partial charge is 0.118 e. The molecule has 0 saturated heterocycles. The second-order valence-corrected chi connectivity index (χ2v) is 5.50. The Morgan fingerprint density at radius 2 is 1.95 bits per heavy atom. The van der Waals surface area contributed by atoms with Gasteiger partial charge in [-0.25, -0.2) is 0 Å². The van der Waals surface area contributed by atoms with Crippen LogP contribution in [0.4, 0.5) is 0 Å². The van der Waals surface area contributed by atoms with Crippen LogP contribution in [0.2, 0.25) is 0 Å². The summed E-state index contributed by atoms with van der Waals surface area (Å²) in [7, 11) is 3.73. The molecule has 0 amide bonds. The molecule has 0 saturated carbocycles. The maximum atomic E-state index is 5.20. The molecule has 0 spiro atoms. The van der Waals surface area contributed by atoms with Gasteiger partial charge < -0.3 is 10.1 Å². The molecule has 0 radical (unpaired) electrons. The van der Waals surface area contributed by atoms with Gasteiger partial charge in [-0.2, -0.15) is 0 Å². The molecule has 1 atom stereocenters. The van der Waals surface area contributed by atoms with Gasteiger partial charge in [-0.15, -0.1) is 11.3 Å². The number of methoxy groups -OCH3 is 1. The standard InChI is InChI=1S/C16H21NOS/c1-4-13-9-10-19-16(13)15(17-2)11-12-5-7-14(18-3)8-6-12/h5-10,15,17H,4,11H2,1-3H3. The lowest BCUT2D eigenvalue weighted by atomic mass is 10.0. The Hall–Kier alpha value is -1.32. The summed E-state index contributed by atoms with van der Waals surface area (Å²) in [5.74, 6) is 0.912. The first-order valence-corrected chi connectivity index (χ1v) is 7.53. The highest BCUT2D eigenvalue weighted by molar-refractivity contribution is 7.10. The predicted molar refractivity (Wildman–Crippen MR) is 82.2 cm³/mol. The van der Waals surface area contributed by atoms with E-state index in [2.05, 4.69) is 35.8 Å². The zero-order valence-electron chi connectivity index (χ0n) is 11.8. The maximum Gasteiger partial charge on any atom is 0.118 e. The summed E-state index contributed by atoms with van der Waals surface area (Å²) in [6.45, 7) is 2.21. The van der Waals surface area contributed by atoms with Crippen molar-refractivity contribution in [3.63, 3.8) is 0 Å². The predicted octanol–water partition coefficient (Wildman–Crippen LogP) is 3.82. The Labute approximate surface area is 119 Å². The number of hydrogen-bond acceptors (Lipinski definition) is 3. The van der Waals surface area contributed by atoms with Gasteiger partial charge >= 0.3 is 0 Å². The van der Waals surface area contributed by atoms with Gasteiger partial charge in [0, 0.05) is 10.9 Å². The molecule has 1 heterocycles. The summed E-state index contributed by atoms with van der Waals surface area (Å²) >= 11 is 1.85. The highest BCUT2D eigenvalue weighted by Crippen LogP contribution is 2.28. The van der Waals surface area contributed by atoms with E-state index in [1.165, 1.54) is 16.0 Å². The first kappa shape index (κ1) is 14.1. The molecule has 2 rings (SSSR count). The molecule has 2 nitrogen and oxygen atoms in total. The maximum absolute atomic E-state index is 5.20. The third-order valence-electron chi connectivity index (χ3n) is 3.43. The minimum atomic E-state index is 0.392. The van der Waals surface area contributed by atoms with Gasteiger partial charge in [0.2, 0.25) is 0 Å². The third-order valence-corrected chi connectivity index (χ3v) is 4.50. The van der Waals surface area contributed by atoms with Crippen molar-refractivity contribution in [1.29, 1.82) is 0 Å². The number of aryl methyl sites for hydroxylation is 1. The lowest BCUT2D eigenvalue weighted by Crippen LogP contribution is -2.18. The summed E-state index contributed by atoms with van der Waals surface area (Å²) in [5.41, 5.74) is 2.79. The summed E-state index contributed by atoms with van der Waals surface area (Å²) < 4.78 is 5.20. The number of hydrogen-bond donors (Lipinski definition) is 1. The first-order valence-electron chi connectivity index (χ1n) is 6.65. The average Bonchev–Trinajstić information content (AvgIpc) is 2.93. The van der Waals surface area contributed by atoms with Crippen LogP contribution in [0.15, 0.2) is 35.7 Å². The zero-order valence-corrected chi connectivity index (χ0v) is 12.6. The summed E-state index contributed by atoms with van der Waals surface area (Å²) in [4.78, 5) is 1.46. The van der Waals surface area contributed by atoms with E-state index in [4.69, 9.17) is 4.74 Å². The van der Waals surface area contributed by atoms with Crippen molar-refractivity contribution >= 4 is 11.3 Å². The van der Waals surface area contributed by atoms with E-state index in [0.717, 1.165) is 18.6 Å². The topological polar surface area (TPSA) is 21.3 Å². The molecule has 0 aliphatic heterocycles. The van der Waals surface area contributed by atoms with E-state index in [0.29, 0.717) is 6.04 Å². The molecule has 0 fully saturated rings. The van der Waals surface area contributed by atoms with Crippen molar-refractivity contribution in [3.05, 3.63) is 51.7 Å². The fourth-order valence-corrected chi connectivity index (χ4v) is 3.38. The normalized spacial score (nSPS) is 12.4. The highest BCUT2D eigenvalue weighted by Gasteiger charge is 2.14. The monoisotopic (exact) mass is 275 g/mol. The number of rotatable bonds is 6. The Bertz CT molecular complexity index is 504. The van der Waals surface area contributed by atoms with E-state index in [-0.39, 0.29) is 0 Å². The Balaban J connectivity index is 2.14. The number of ether oxygens (including phenoxy) is 1. The largest absolute Gasteiger partial charge is 0.497 e. The first-order chi connectivity index (χ1) is 9.28. The average molecular weight is 275 g/mol. The number of likely N-dealkylation sites (N-methyl/N-ethyl adjacent to an activating group) is 1. The number of benzene rings is 1. The van der Waals surface area contributed by atoms with E-state index in [1.54, 1.807) is 7.11 Å². The molecule has 1 unspecified atom stereocenters. The molecular formula is C16H21NOS. The fraction of sp³-hybridized carbons (Fsp3) is 0.375. The van der Waals surface area contributed by atoms with Crippen LogP contribution in [-0.4, -0.2) is 14.2 Å². The van der Waals surface area contributed by atoms with E-state index >= 15 is 0 Å². The fourth-order valence-electron chi connectivity index (χ4n) is 2.27. The molecule has 1 N–H and O–H groups in total. The van der Waals surface area contributed by atoms with Crippen LogP contribution in [0, 0.1) is 0 Å². The van der Waals surface area contributed by atoms with Crippen molar-refractivity contribution in [2.45, 2.75) is 25.8 Å². The van der Waals surface area contributed by atoms with Gasteiger partial charge in [-0.1, -0.05) is 19.1 Å². The van der Waals surface area contributed by atoms with Crippen LogP contribution in [0.25, 0.3) is 0 Å². The van der Waals surface area contributed by atoms with Crippen molar-refractivity contribution in [2.24, 2.45) is 0 Å². The molecule has 3 heteroatoms. The molecule has 0 bridgehead atoms. The third kappa shape index (κ3) is 3.37. The van der Waals surface area contributed by atoms with Gasteiger partial charge in [0.05, 0.1) is 7.11 Å². The van der Waals surface area contributed by atoms with Crippen LogP contribution >= 0.6 is 11.3 Å². The van der Waals surface area contributed by atoms with Crippen molar-refractivity contribution in [2.75, 3.05) is 14.2 Å². The van der Waals surface area contributed by atoms with Gasteiger partial charge in [0.25, 0.3) is 0 Å². The van der Waals surface area contributed by atoms with E-state index < -0.39 is 0 Å². The number of thiophene rings is 1. The highest BCUT2D eigenvalue weighted by atomic mass is 32.1. The Kier molecular flexibility index (Phi) is 5.00. The minimum Gasteiger partial charge on any atom is -0.497 e. The SMILES string of the molecule is CCc1ccsc1C(Cc1ccc(OC)cc1)NC. The lowest BCUT2D eigenvalue weighted by molar-refractivity contribution is 0.414. The van der Waals surface area contributed by atoms with Crippen molar-refractivity contribution in [3.8, 4) is 5.75 Å². The van der Waals surface area contributed by atoms with Crippen LogP contribution in [-0.2, 0) is 12.8 Å². The molecule has 102 valence electrons.